The number of rotatable bonds is 9. The summed E-state index contributed by atoms with van der Waals surface area (Å²) in [5.41, 5.74) is 2.09. The minimum Gasteiger partial charge on any atom is -0.467 e. The van der Waals surface area contributed by atoms with Gasteiger partial charge in [-0.1, -0.05) is 11.8 Å². The number of aryl methyl sites for hydroxylation is 1. The van der Waals surface area contributed by atoms with E-state index < -0.39 is 0 Å². The second-order valence-corrected chi connectivity index (χ2v) is 7.84. The quantitative estimate of drug-likeness (QED) is 0.598. The number of nitrogens with zero attached hydrogens (tertiary/aromatic N) is 4. The number of thioether (sulfide) groups is 1. The highest BCUT2D eigenvalue weighted by Crippen LogP contribution is 2.25. The van der Waals surface area contributed by atoms with E-state index in [0.717, 1.165) is 42.5 Å². The van der Waals surface area contributed by atoms with Crippen molar-refractivity contribution >= 4 is 17.7 Å². The van der Waals surface area contributed by atoms with Gasteiger partial charge in [-0.2, -0.15) is 5.26 Å². The molecule has 0 bridgehead atoms. The number of nitriles is 1. The van der Waals surface area contributed by atoms with Crippen LogP contribution in [0, 0.1) is 25.2 Å². The van der Waals surface area contributed by atoms with Crippen molar-refractivity contribution < 1.29 is 13.9 Å². The number of hydrogen-bond donors (Lipinski definition) is 0. The molecule has 0 spiro atoms. The van der Waals surface area contributed by atoms with Crippen molar-refractivity contribution in [3.8, 4) is 6.07 Å². The smallest absolute Gasteiger partial charge is 0.233 e. The minimum absolute atomic E-state index is 0.0291. The molecule has 7 nitrogen and oxygen atoms in total. The zero-order valence-electron chi connectivity index (χ0n) is 16.4. The van der Waals surface area contributed by atoms with Gasteiger partial charge in [0.2, 0.25) is 5.91 Å². The van der Waals surface area contributed by atoms with Crippen molar-refractivity contribution in [2.24, 2.45) is 0 Å². The molecule has 2 aromatic rings. The Hall–Kier alpha value is -2.24. The van der Waals surface area contributed by atoms with Crippen LogP contribution in [0.4, 0.5) is 0 Å². The summed E-state index contributed by atoms with van der Waals surface area (Å²) >= 11 is 1.44. The standard InChI is InChI=1S/C20H26N4O3S/c1-15-16(2)24(13-18-7-4-11-27-18)20(22-15)28-14-19(25)23(9-5-8-21)12-17-6-3-10-26-17/h3,6,10,18H,4-5,7,9,11-14H2,1-2H3. The number of ether oxygens (including phenoxy) is 1. The fourth-order valence-corrected chi connectivity index (χ4v) is 4.23. The summed E-state index contributed by atoms with van der Waals surface area (Å²) in [5.74, 6) is 0.953. The van der Waals surface area contributed by atoms with Crippen LogP contribution in [0.1, 0.15) is 36.4 Å². The number of hydrogen-bond acceptors (Lipinski definition) is 6. The first kappa shape index (κ1) is 20.5. The summed E-state index contributed by atoms with van der Waals surface area (Å²) in [4.78, 5) is 19.1. The third-order valence-electron chi connectivity index (χ3n) is 4.93. The van der Waals surface area contributed by atoms with Crippen molar-refractivity contribution in [1.82, 2.24) is 14.5 Å². The summed E-state index contributed by atoms with van der Waals surface area (Å²) in [6.45, 7) is 6.39. The zero-order chi connectivity index (χ0) is 19.9. The molecule has 0 saturated carbocycles. The maximum absolute atomic E-state index is 12.8. The first-order valence-electron chi connectivity index (χ1n) is 9.53. The molecule has 1 atom stereocenters. The fourth-order valence-electron chi connectivity index (χ4n) is 3.23. The molecule has 2 aromatic heterocycles. The lowest BCUT2D eigenvalue weighted by Gasteiger charge is -2.20. The van der Waals surface area contributed by atoms with Crippen molar-refractivity contribution in [3.05, 3.63) is 35.5 Å². The molecule has 1 aliphatic rings. The number of imidazole rings is 1. The summed E-state index contributed by atoms with van der Waals surface area (Å²) in [7, 11) is 0. The Kier molecular flexibility index (Phi) is 7.18. The van der Waals surface area contributed by atoms with Crippen LogP contribution in [0.15, 0.2) is 28.0 Å². The van der Waals surface area contributed by atoms with E-state index in [1.165, 1.54) is 11.8 Å². The van der Waals surface area contributed by atoms with Crippen LogP contribution in [0.5, 0.6) is 0 Å². The maximum Gasteiger partial charge on any atom is 0.233 e. The summed E-state index contributed by atoms with van der Waals surface area (Å²) in [6, 6.07) is 5.74. The molecule has 1 amide bonds. The lowest BCUT2D eigenvalue weighted by atomic mass is 10.2. The van der Waals surface area contributed by atoms with Gasteiger partial charge in [0.1, 0.15) is 5.76 Å². The molecule has 0 radical (unpaired) electrons. The second kappa shape index (κ2) is 9.80. The van der Waals surface area contributed by atoms with Crippen molar-refractivity contribution in [1.29, 1.82) is 5.26 Å². The average Bonchev–Trinajstić information content (AvgIpc) is 3.43. The minimum atomic E-state index is -0.0291. The monoisotopic (exact) mass is 402 g/mol. The van der Waals surface area contributed by atoms with Crippen LogP contribution in [0.2, 0.25) is 0 Å². The van der Waals surface area contributed by atoms with Crippen molar-refractivity contribution in [2.45, 2.75) is 57.5 Å². The van der Waals surface area contributed by atoms with E-state index in [1.54, 1.807) is 17.2 Å². The number of carbonyl (C=O) groups is 1. The SMILES string of the molecule is Cc1nc(SCC(=O)N(CCC#N)Cc2ccco2)n(CC2CCCO2)c1C. The van der Waals surface area contributed by atoms with Crippen LogP contribution in [-0.4, -0.2) is 45.4 Å². The van der Waals surface area contributed by atoms with Crippen molar-refractivity contribution in [3.63, 3.8) is 0 Å². The van der Waals surface area contributed by atoms with Gasteiger partial charge in [0.05, 0.1) is 49.4 Å². The van der Waals surface area contributed by atoms with Gasteiger partial charge in [-0.05, 0) is 38.8 Å². The van der Waals surface area contributed by atoms with Gasteiger partial charge in [0.25, 0.3) is 0 Å². The molecule has 8 heteroatoms. The van der Waals surface area contributed by atoms with E-state index in [-0.39, 0.29) is 17.8 Å². The van der Waals surface area contributed by atoms with E-state index in [9.17, 15) is 4.79 Å². The van der Waals surface area contributed by atoms with Gasteiger partial charge in [-0.25, -0.2) is 4.98 Å². The molecule has 28 heavy (non-hydrogen) atoms. The first-order valence-corrected chi connectivity index (χ1v) is 10.5. The van der Waals surface area contributed by atoms with Gasteiger partial charge in [0, 0.05) is 18.8 Å². The number of aromatic nitrogens is 2. The van der Waals surface area contributed by atoms with E-state index in [2.05, 4.69) is 22.5 Å². The van der Waals surface area contributed by atoms with Crippen LogP contribution in [0.25, 0.3) is 0 Å². The molecule has 1 unspecified atom stereocenters. The Balaban J connectivity index is 1.64. The Labute approximate surface area is 169 Å². The third-order valence-corrected chi connectivity index (χ3v) is 5.89. The molecule has 150 valence electrons. The second-order valence-electron chi connectivity index (χ2n) is 6.90. The molecule has 1 aliphatic heterocycles. The Morgan fingerprint density at radius 3 is 3.04 bits per heavy atom. The molecule has 0 aliphatic carbocycles. The highest BCUT2D eigenvalue weighted by atomic mass is 32.2. The maximum atomic E-state index is 12.8. The molecule has 3 heterocycles. The van der Waals surface area contributed by atoms with Gasteiger partial charge >= 0.3 is 0 Å². The number of carbonyl (C=O) groups excluding carboxylic acids is 1. The molecular formula is C20H26N4O3S. The first-order chi connectivity index (χ1) is 13.6. The molecule has 1 fully saturated rings. The van der Waals surface area contributed by atoms with Crippen LogP contribution >= 0.6 is 11.8 Å². The lowest BCUT2D eigenvalue weighted by Crippen LogP contribution is -2.32. The van der Waals surface area contributed by atoms with Crippen LogP contribution in [0.3, 0.4) is 0 Å². The predicted molar refractivity (Wildman–Crippen MR) is 106 cm³/mol. The largest absolute Gasteiger partial charge is 0.467 e. The van der Waals surface area contributed by atoms with E-state index in [4.69, 9.17) is 14.4 Å². The molecule has 3 rings (SSSR count). The molecule has 0 aromatic carbocycles. The number of amides is 1. The van der Waals surface area contributed by atoms with Gasteiger partial charge < -0.3 is 18.6 Å². The Morgan fingerprint density at radius 2 is 2.36 bits per heavy atom. The Bertz CT molecular complexity index is 819. The highest BCUT2D eigenvalue weighted by molar-refractivity contribution is 7.99. The fraction of sp³-hybridized carbons (Fsp3) is 0.550. The van der Waals surface area contributed by atoms with E-state index in [1.807, 2.05) is 13.0 Å². The van der Waals surface area contributed by atoms with Gasteiger partial charge in [-0.15, -0.1) is 0 Å². The predicted octanol–water partition coefficient (Wildman–Crippen LogP) is 3.31. The highest BCUT2D eigenvalue weighted by Gasteiger charge is 2.22. The average molecular weight is 403 g/mol. The van der Waals surface area contributed by atoms with E-state index >= 15 is 0 Å². The lowest BCUT2D eigenvalue weighted by molar-refractivity contribution is -0.129. The summed E-state index contributed by atoms with van der Waals surface area (Å²) in [5, 5.41) is 9.74. The summed E-state index contributed by atoms with van der Waals surface area (Å²) < 4.78 is 13.3. The van der Waals surface area contributed by atoms with Crippen LogP contribution in [-0.2, 0) is 22.6 Å². The summed E-state index contributed by atoms with van der Waals surface area (Å²) in [6.07, 6.45) is 4.26. The van der Waals surface area contributed by atoms with Gasteiger partial charge in [0.15, 0.2) is 5.16 Å². The zero-order valence-corrected chi connectivity index (χ0v) is 17.2. The Morgan fingerprint density at radius 1 is 1.50 bits per heavy atom. The van der Waals surface area contributed by atoms with Crippen molar-refractivity contribution in [2.75, 3.05) is 18.9 Å². The van der Waals surface area contributed by atoms with E-state index in [0.29, 0.717) is 25.3 Å². The topological polar surface area (TPSA) is 84.3 Å². The normalized spacial score (nSPS) is 16.2. The molecule has 1 saturated heterocycles. The van der Waals surface area contributed by atoms with Gasteiger partial charge in [-0.3, -0.25) is 4.79 Å². The van der Waals surface area contributed by atoms with Crippen LogP contribution < -0.4 is 0 Å². The molecular weight excluding hydrogens is 376 g/mol. The number of furan rings is 1. The third kappa shape index (κ3) is 5.18. The molecule has 0 N–H and O–H groups in total.